The highest BCUT2D eigenvalue weighted by Gasteiger charge is 2.21. The summed E-state index contributed by atoms with van der Waals surface area (Å²) in [7, 11) is 0. The van der Waals surface area contributed by atoms with Crippen LogP contribution in [0.5, 0.6) is 0 Å². The van der Waals surface area contributed by atoms with Crippen LogP contribution in [0.3, 0.4) is 0 Å². The number of nitrogens with one attached hydrogen (secondary N) is 1. The number of ketones is 1. The van der Waals surface area contributed by atoms with Gasteiger partial charge in [-0.1, -0.05) is 0 Å². The molecule has 0 aromatic rings. The van der Waals surface area contributed by atoms with Gasteiger partial charge < -0.3 is 10.2 Å². The fourth-order valence-corrected chi connectivity index (χ4v) is 1.50. The Kier molecular flexibility index (Phi) is 2.35. The van der Waals surface area contributed by atoms with E-state index in [1.54, 1.807) is 0 Å². The normalized spacial score (nSPS) is 23.2. The molecule has 2 rings (SSSR count). The van der Waals surface area contributed by atoms with Crippen LogP contribution in [0.4, 0.5) is 0 Å². The van der Waals surface area contributed by atoms with Gasteiger partial charge in [0, 0.05) is 26.2 Å². The summed E-state index contributed by atoms with van der Waals surface area (Å²) in [4.78, 5) is 21.2. The first-order chi connectivity index (χ1) is 6.38. The Labute approximate surface area is 76.5 Å². The number of hydrogen-bond donors (Lipinski definition) is 1. The highest BCUT2D eigenvalue weighted by molar-refractivity contribution is 6.41. The van der Waals surface area contributed by atoms with E-state index in [1.165, 1.54) is 6.34 Å². The van der Waals surface area contributed by atoms with E-state index in [4.69, 9.17) is 0 Å². The van der Waals surface area contributed by atoms with Gasteiger partial charge in [0.15, 0.2) is 5.84 Å². The molecule has 0 bridgehead atoms. The molecule has 0 unspecified atom stereocenters. The molecule has 0 aromatic heterocycles. The van der Waals surface area contributed by atoms with Crippen molar-refractivity contribution < 1.29 is 4.79 Å². The highest BCUT2D eigenvalue weighted by Crippen LogP contribution is 1.99. The molecule has 0 atom stereocenters. The van der Waals surface area contributed by atoms with Gasteiger partial charge in [0.2, 0.25) is 5.78 Å². The molecule has 1 fully saturated rings. The van der Waals surface area contributed by atoms with E-state index in [0.717, 1.165) is 26.2 Å². The lowest BCUT2D eigenvalue weighted by molar-refractivity contribution is -0.112. The zero-order valence-electron chi connectivity index (χ0n) is 7.36. The maximum absolute atomic E-state index is 11.4. The summed E-state index contributed by atoms with van der Waals surface area (Å²) in [6.07, 6.45) is 1.47. The van der Waals surface area contributed by atoms with Crippen molar-refractivity contribution in [3.05, 3.63) is 0 Å². The molecule has 5 nitrogen and oxygen atoms in total. The Balaban J connectivity index is 2.09. The van der Waals surface area contributed by atoms with Gasteiger partial charge in [-0.2, -0.15) is 0 Å². The summed E-state index contributed by atoms with van der Waals surface area (Å²) >= 11 is 0. The van der Waals surface area contributed by atoms with Crippen molar-refractivity contribution in [3.63, 3.8) is 0 Å². The lowest BCUT2D eigenvalue weighted by atomic mass is 10.2. The summed E-state index contributed by atoms with van der Waals surface area (Å²) in [6, 6.07) is 0. The molecule has 2 aliphatic heterocycles. The average Bonchev–Trinajstić information content (AvgIpc) is 2.20. The van der Waals surface area contributed by atoms with Crippen molar-refractivity contribution in [2.24, 2.45) is 9.98 Å². The maximum atomic E-state index is 11.4. The summed E-state index contributed by atoms with van der Waals surface area (Å²) in [6.45, 7) is 3.81. The zero-order valence-corrected chi connectivity index (χ0v) is 7.36. The molecule has 2 heterocycles. The number of rotatable bonds is 0. The Bertz CT molecular complexity index is 265. The summed E-state index contributed by atoms with van der Waals surface area (Å²) in [5.41, 5.74) is 0. The Hall–Kier alpha value is -1.23. The van der Waals surface area contributed by atoms with E-state index in [0.29, 0.717) is 5.84 Å². The number of nitrogens with zero attached hydrogens (tertiary/aromatic N) is 3. The molecule has 1 N–H and O–H groups in total. The summed E-state index contributed by atoms with van der Waals surface area (Å²) in [5.74, 6) is 0.612. The minimum absolute atomic E-state index is 0.0319. The van der Waals surface area contributed by atoms with E-state index in [2.05, 4.69) is 15.3 Å². The van der Waals surface area contributed by atoms with Crippen LogP contribution in [0.15, 0.2) is 9.98 Å². The summed E-state index contributed by atoms with van der Waals surface area (Å²) < 4.78 is 0. The van der Waals surface area contributed by atoms with E-state index in [9.17, 15) is 4.79 Å². The minimum Gasteiger partial charge on any atom is -0.351 e. The van der Waals surface area contributed by atoms with Crippen molar-refractivity contribution in [1.29, 1.82) is 0 Å². The fraction of sp³-hybridized carbons (Fsp3) is 0.625. The number of hydrogen-bond acceptors (Lipinski definition) is 5. The third kappa shape index (κ3) is 1.75. The molecule has 2 aliphatic rings. The first kappa shape index (κ1) is 8.37. The van der Waals surface area contributed by atoms with Gasteiger partial charge in [0.05, 0.1) is 0 Å². The predicted octanol–water partition coefficient (Wildman–Crippen LogP) is -1.10. The fourth-order valence-electron chi connectivity index (χ4n) is 1.50. The second-order valence-electron chi connectivity index (χ2n) is 3.07. The molecule has 0 spiro atoms. The quantitative estimate of drug-likeness (QED) is 0.515. The van der Waals surface area contributed by atoms with Crippen molar-refractivity contribution in [2.75, 3.05) is 32.7 Å². The molecule has 70 valence electrons. The molecule has 5 heteroatoms. The van der Waals surface area contributed by atoms with Crippen LogP contribution >= 0.6 is 0 Å². The van der Waals surface area contributed by atoms with Crippen LogP contribution in [0, 0.1) is 0 Å². The number of amidine groups is 1. The minimum atomic E-state index is 0.0319. The van der Waals surface area contributed by atoms with E-state index in [-0.39, 0.29) is 12.3 Å². The third-order valence-corrected chi connectivity index (χ3v) is 2.16. The molecule has 0 aliphatic carbocycles. The van der Waals surface area contributed by atoms with Gasteiger partial charge in [-0.3, -0.25) is 9.79 Å². The Morgan fingerprint density at radius 1 is 1.38 bits per heavy atom. The monoisotopic (exact) mass is 180 g/mol. The van der Waals surface area contributed by atoms with Gasteiger partial charge in [-0.05, 0) is 0 Å². The third-order valence-electron chi connectivity index (χ3n) is 2.16. The van der Waals surface area contributed by atoms with Crippen molar-refractivity contribution in [3.8, 4) is 0 Å². The first-order valence-electron chi connectivity index (χ1n) is 4.43. The van der Waals surface area contributed by atoms with Gasteiger partial charge in [0.1, 0.15) is 12.9 Å². The number of carbonyl (C=O) groups is 1. The Morgan fingerprint density at radius 2 is 2.15 bits per heavy atom. The molecule has 1 saturated heterocycles. The largest absolute Gasteiger partial charge is 0.351 e. The van der Waals surface area contributed by atoms with Crippen LogP contribution in [-0.2, 0) is 4.79 Å². The lowest BCUT2D eigenvalue weighted by Crippen LogP contribution is -2.49. The molecule has 13 heavy (non-hydrogen) atoms. The molecule has 0 radical (unpaired) electrons. The van der Waals surface area contributed by atoms with Crippen molar-refractivity contribution in [2.45, 2.75) is 0 Å². The van der Waals surface area contributed by atoms with Crippen LogP contribution in [0.25, 0.3) is 0 Å². The second kappa shape index (κ2) is 3.66. The lowest BCUT2D eigenvalue weighted by Gasteiger charge is -2.29. The smallest absolute Gasteiger partial charge is 0.219 e. The van der Waals surface area contributed by atoms with Gasteiger partial charge in [-0.15, -0.1) is 0 Å². The zero-order chi connectivity index (χ0) is 9.10. The predicted molar refractivity (Wildman–Crippen MR) is 50.2 cm³/mol. The molecular weight excluding hydrogens is 168 g/mol. The van der Waals surface area contributed by atoms with Crippen LogP contribution in [0.2, 0.25) is 0 Å². The van der Waals surface area contributed by atoms with Gasteiger partial charge in [0.25, 0.3) is 0 Å². The van der Waals surface area contributed by atoms with Crippen LogP contribution in [-0.4, -0.2) is 55.6 Å². The van der Waals surface area contributed by atoms with Gasteiger partial charge in [-0.25, -0.2) is 4.99 Å². The molecular formula is C8H12N4O. The van der Waals surface area contributed by atoms with E-state index < -0.39 is 0 Å². The maximum Gasteiger partial charge on any atom is 0.219 e. The average molecular weight is 180 g/mol. The summed E-state index contributed by atoms with van der Waals surface area (Å²) in [5, 5.41) is 3.23. The second-order valence-corrected chi connectivity index (χ2v) is 3.07. The number of piperazine rings is 1. The van der Waals surface area contributed by atoms with E-state index >= 15 is 0 Å². The number of aliphatic imine (C=N–C) groups is 2. The standard InChI is InChI=1S/C8H12N4O/c13-7-5-10-6-11-8(7)12-3-1-9-2-4-12/h6,9H,1-5H2. The Morgan fingerprint density at radius 3 is 2.85 bits per heavy atom. The van der Waals surface area contributed by atoms with Crippen molar-refractivity contribution >= 4 is 18.0 Å². The topological polar surface area (TPSA) is 57.1 Å². The highest BCUT2D eigenvalue weighted by atomic mass is 16.1. The number of carbonyl (C=O) groups excluding carboxylic acids is 1. The molecule has 0 amide bonds. The van der Waals surface area contributed by atoms with E-state index in [1.807, 2.05) is 4.90 Å². The van der Waals surface area contributed by atoms with Crippen LogP contribution < -0.4 is 5.32 Å². The van der Waals surface area contributed by atoms with Crippen LogP contribution in [0.1, 0.15) is 0 Å². The first-order valence-corrected chi connectivity index (χ1v) is 4.43. The van der Waals surface area contributed by atoms with Gasteiger partial charge >= 0.3 is 0 Å². The van der Waals surface area contributed by atoms with Crippen molar-refractivity contribution in [1.82, 2.24) is 10.2 Å². The molecule has 0 aromatic carbocycles. The number of Topliss-reactive ketones (excluding diaryl/α,β-unsaturated/α-hetero) is 1. The SMILES string of the molecule is O=C1CN=CN=C1N1CCNCC1. The molecule has 0 saturated carbocycles.